The summed E-state index contributed by atoms with van der Waals surface area (Å²) in [4.78, 5) is 4.10. The van der Waals surface area contributed by atoms with E-state index in [-0.39, 0.29) is 0 Å². The molecule has 0 saturated carbocycles. The van der Waals surface area contributed by atoms with Crippen molar-refractivity contribution in [1.29, 1.82) is 0 Å². The number of nitrogens with zero attached hydrogens (tertiary/aromatic N) is 1. The minimum atomic E-state index is 0.716. The van der Waals surface area contributed by atoms with Crippen LogP contribution in [0.25, 0.3) is 0 Å². The predicted octanol–water partition coefficient (Wildman–Crippen LogP) is 1.47. The Morgan fingerprint density at radius 1 is 1.58 bits per heavy atom. The Labute approximate surface area is 73.0 Å². The highest BCUT2D eigenvalue weighted by atomic mass is 14.9. The van der Waals surface area contributed by atoms with E-state index >= 15 is 0 Å². The summed E-state index contributed by atoms with van der Waals surface area (Å²) in [5, 5.41) is 3.38. The average molecular weight is 162 g/mol. The second-order valence-corrected chi connectivity index (χ2v) is 3.42. The summed E-state index contributed by atoms with van der Waals surface area (Å²) in [6, 6.07) is 2.15. The molecule has 2 heteroatoms. The first-order chi connectivity index (χ1) is 5.88. The van der Waals surface area contributed by atoms with Crippen LogP contribution in [0, 0.1) is 6.92 Å². The second kappa shape index (κ2) is 3.23. The maximum absolute atomic E-state index is 4.10. The predicted molar refractivity (Wildman–Crippen MR) is 49.2 cm³/mol. The summed E-state index contributed by atoms with van der Waals surface area (Å²) in [5.74, 6) is 0.716. The number of hydrogen-bond acceptors (Lipinski definition) is 2. The molecule has 1 unspecified atom stereocenters. The summed E-state index contributed by atoms with van der Waals surface area (Å²) < 4.78 is 0. The lowest BCUT2D eigenvalue weighted by molar-refractivity contribution is 0.755. The lowest BCUT2D eigenvalue weighted by Gasteiger charge is -2.10. The van der Waals surface area contributed by atoms with Crippen LogP contribution >= 0.6 is 0 Å². The Hall–Kier alpha value is -0.890. The third-order valence-electron chi connectivity index (χ3n) is 2.56. The van der Waals surface area contributed by atoms with Crippen LogP contribution in [0.15, 0.2) is 18.5 Å². The maximum atomic E-state index is 4.10. The number of rotatable bonds is 1. The van der Waals surface area contributed by atoms with Crippen LogP contribution in [0.5, 0.6) is 0 Å². The molecule has 1 aromatic heterocycles. The number of aromatic nitrogens is 1. The lowest BCUT2D eigenvalue weighted by atomic mass is 9.96. The third kappa shape index (κ3) is 1.34. The summed E-state index contributed by atoms with van der Waals surface area (Å²) in [6.07, 6.45) is 5.11. The molecule has 0 aliphatic carbocycles. The fourth-order valence-corrected chi connectivity index (χ4v) is 1.86. The first kappa shape index (κ1) is 7.74. The van der Waals surface area contributed by atoms with E-state index in [1.165, 1.54) is 17.5 Å². The Kier molecular flexibility index (Phi) is 2.09. The quantitative estimate of drug-likeness (QED) is 0.676. The summed E-state index contributed by atoms with van der Waals surface area (Å²) in [6.45, 7) is 4.43. The highest BCUT2D eigenvalue weighted by molar-refractivity contribution is 5.26. The number of pyridine rings is 1. The molecule has 64 valence electrons. The van der Waals surface area contributed by atoms with Crippen LogP contribution in [-0.4, -0.2) is 18.1 Å². The Morgan fingerprint density at radius 2 is 2.50 bits per heavy atom. The molecular formula is C10H14N2. The molecular weight excluding hydrogens is 148 g/mol. The molecule has 12 heavy (non-hydrogen) atoms. The van der Waals surface area contributed by atoms with Crippen molar-refractivity contribution < 1.29 is 0 Å². The van der Waals surface area contributed by atoms with Crippen LogP contribution in [0.2, 0.25) is 0 Å². The molecule has 0 amide bonds. The van der Waals surface area contributed by atoms with Gasteiger partial charge in [0.25, 0.3) is 0 Å². The number of aryl methyl sites for hydroxylation is 1. The van der Waals surface area contributed by atoms with Crippen molar-refractivity contribution in [2.45, 2.75) is 19.3 Å². The van der Waals surface area contributed by atoms with E-state index in [9.17, 15) is 0 Å². The van der Waals surface area contributed by atoms with Crippen molar-refractivity contribution in [3.63, 3.8) is 0 Å². The Balaban J connectivity index is 2.26. The maximum Gasteiger partial charge on any atom is 0.0299 e. The van der Waals surface area contributed by atoms with Gasteiger partial charge in [-0.05, 0) is 43.0 Å². The summed E-state index contributed by atoms with van der Waals surface area (Å²) in [5.41, 5.74) is 2.79. The number of hydrogen-bond donors (Lipinski definition) is 1. The van der Waals surface area contributed by atoms with Crippen molar-refractivity contribution in [2.75, 3.05) is 13.1 Å². The van der Waals surface area contributed by atoms with Gasteiger partial charge in [-0.1, -0.05) is 0 Å². The van der Waals surface area contributed by atoms with Crippen molar-refractivity contribution >= 4 is 0 Å². The molecule has 1 aliphatic rings. The molecule has 2 heterocycles. The van der Waals surface area contributed by atoms with Crippen molar-refractivity contribution in [2.24, 2.45) is 0 Å². The topological polar surface area (TPSA) is 24.9 Å². The van der Waals surface area contributed by atoms with Crippen LogP contribution in [0.1, 0.15) is 23.5 Å². The molecule has 0 bridgehead atoms. The first-order valence-corrected chi connectivity index (χ1v) is 4.49. The molecule has 1 N–H and O–H groups in total. The zero-order valence-electron chi connectivity index (χ0n) is 7.38. The van der Waals surface area contributed by atoms with Gasteiger partial charge in [-0.2, -0.15) is 0 Å². The summed E-state index contributed by atoms with van der Waals surface area (Å²) >= 11 is 0. The Morgan fingerprint density at radius 3 is 3.17 bits per heavy atom. The van der Waals surface area contributed by atoms with Gasteiger partial charge in [0, 0.05) is 18.9 Å². The van der Waals surface area contributed by atoms with Crippen molar-refractivity contribution in [1.82, 2.24) is 10.3 Å². The molecule has 0 aromatic carbocycles. The van der Waals surface area contributed by atoms with Gasteiger partial charge in [0.1, 0.15) is 0 Å². The molecule has 0 radical (unpaired) electrons. The normalized spacial score (nSPS) is 22.9. The van der Waals surface area contributed by atoms with E-state index in [0.717, 1.165) is 13.1 Å². The Bertz CT molecular complexity index is 264. The van der Waals surface area contributed by atoms with E-state index in [2.05, 4.69) is 23.3 Å². The SMILES string of the molecule is Cc1cnccc1C1CCNC1. The van der Waals surface area contributed by atoms with Crippen LogP contribution in [-0.2, 0) is 0 Å². The molecule has 1 fully saturated rings. The molecule has 0 spiro atoms. The highest BCUT2D eigenvalue weighted by Gasteiger charge is 2.17. The molecule has 1 saturated heterocycles. The fraction of sp³-hybridized carbons (Fsp3) is 0.500. The van der Waals surface area contributed by atoms with E-state index in [1.54, 1.807) is 0 Å². The minimum Gasteiger partial charge on any atom is -0.316 e. The smallest absolute Gasteiger partial charge is 0.0299 e. The molecule has 2 rings (SSSR count). The second-order valence-electron chi connectivity index (χ2n) is 3.42. The monoisotopic (exact) mass is 162 g/mol. The van der Waals surface area contributed by atoms with Crippen LogP contribution in [0.3, 0.4) is 0 Å². The molecule has 2 nitrogen and oxygen atoms in total. The van der Waals surface area contributed by atoms with Crippen molar-refractivity contribution in [3.05, 3.63) is 29.6 Å². The first-order valence-electron chi connectivity index (χ1n) is 4.49. The van der Waals surface area contributed by atoms with E-state index in [0.29, 0.717) is 5.92 Å². The van der Waals surface area contributed by atoms with Crippen LogP contribution < -0.4 is 5.32 Å². The molecule has 1 aromatic rings. The van der Waals surface area contributed by atoms with Gasteiger partial charge in [0.15, 0.2) is 0 Å². The van der Waals surface area contributed by atoms with Gasteiger partial charge >= 0.3 is 0 Å². The largest absolute Gasteiger partial charge is 0.316 e. The summed E-state index contributed by atoms with van der Waals surface area (Å²) in [7, 11) is 0. The molecule has 1 aliphatic heterocycles. The van der Waals surface area contributed by atoms with E-state index in [4.69, 9.17) is 0 Å². The average Bonchev–Trinajstić information content (AvgIpc) is 2.57. The van der Waals surface area contributed by atoms with Gasteiger partial charge in [-0.15, -0.1) is 0 Å². The van der Waals surface area contributed by atoms with Gasteiger partial charge in [0.05, 0.1) is 0 Å². The van der Waals surface area contributed by atoms with Gasteiger partial charge < -0.3 is 5.32 Å². The molecule has 1 atom stereocenters. The fourth-order valence-electron chi connectivity index (χ4n) is 1.86. The van der Waals surface area contributed by atoms with Gasteiger partial charge in [-0.25, -0.2) is 0 Å². The number of nitrogens with one attached hydrogen (secondary N) is 1. The van der Waals surface area contributed by atoms with E-state index in [1.807, 2.05) is 12.4 Å². The van der Waals surface area contributed by atoms with Gasteiger partial charge in [0.2, 0.25) is 0 Å². The zero-order chi connectivity index (χ0) is 8.39. The van der Waals surface area contributed by atoms with Crippen LogP contribution in [0.4, 0.5) is 0 Å². The minimum absolute atomic E-state index is 0.716. The van der Waals surface area contributed by atoms with E-state index < -0.39 is 0 Å². The lowest BCUT2D eigenvalue weighted by Crippen LogP contribution is -2.08. The standard InChI is InChI=1S/C10H14N2/c1-8-6-11-5-3-10(8)9-2-4-12-7-9/h3,5-6,9,12H,2,4,7H2,1H3. The highest BCUT2D eigenvalue weighted by Crippen LogP contribution is 2.23. The van der Waals surface area contributed by atoms with Crippen molar-refractivity contribution in [3.8, 4) is 0 Å². The van der Waals surface area contributed by atoms with Gasteiger partial charge in [-0.3, -0.25) is 4.98 Å². The zero-order valence-corrected chi connectivity index (χ0v) is 7.38. The third-order valence-corrected chi connectivity index (χ3v) is 2.56.